The van der Waals surface area contributed by atoms with Gasteiger partial charge < -0.3 is 14.6 Å². The Morgan fingerprint density at radius 1 is 1.41 bits per heavy atom. The highest BCUT2D eigenvalue weighted by Crippen LogP contribution is 2.20. The number of imidazole rings is 1. The van der Waals surface area contributed by atoms with Crippen molar-refractivity contribution in [1.29, 1.82) is 0 Å². The van der Waals surface area contributed by atoms with Crippen molar-refractivity contribution in [1.82, 2.24) is 19.8 Å². The van der Waals surface area contributed by atoms with E-state index in [1.54, 1.807) is 0 Å². The van der Waals surface area contributed by atoms with Crippen molar-refractivity contribution in [2.45, 2.75) is 13.0 Å². The molecular weight excluding hydrogens is 276 g/mol. The molecule has 5 heteroatoms. The Labute approximate surface area is 131 Å². The quantitative estimate of drug-likeness (QED) is 0.913. The molecule has 1 aromatic heterocycles. The largest absolute Gasteiger partial charge is 0.492 e. The molecule has 3 rings (SSSR count). The molecule has 1 atom stereocenters. The maximum atomic E-state index is 5.90. The smallest absolute Gasteiger partial charge is 0.127 e. The van der Waals surface area contributed by atoms with Gasteiger partial charge in [-0.1, -0.05) is 12.1 Å². The van der Waals surface area contributed by atoms with E-state index in [9.17, 15) is 0 Å². The van der Waals surface area contributed by atoms with Gasteiger partial charge in [0.05, 0.1) is 6.04 Å². The number of ether oxygens (including phenoxy) is 1. The van der Waals surface area contributed by atoms with Crippen molar-refractivity contribution >= 4 is 0 Å². The first-order chi connectivity index (χ1) is 10.7. The maximum absolute atomic E-state index is 5.90. The minimum atomic E-state index is 0.315. The lowest BCUT2D eigenvalue weighted by atomic mass is 10.2. The Kier molecular flexibility index (Phi) is 4.75. The minimum Gasteiger partial charge on any atom is -0.492 e. The molecule has 0 saturated carbocycles. The molecule has 118 valence electrons. The first-order valence-electron chi connectivity index (χ1n) is 7.85. The molecule has 1 aromatic carbocycles. The molecule has 5 nitrogen and oxygen atoms in total. The summed E-state index contributed by atoms with van der Waals surface area (Å²) in [4.78, 5) is 6.96. The fourth-order valence-corrected chi connectivity index (χ4v) is 2.95. The first kappa shape index (κ1) is 15.1. The molecule has 22 heavy (non-hydrogen) atoms. The van der Waals surface area contributed by atoms with E-state index in [1.165, 1.54) is 5.56 Å². The molecule has 1 saturated heterocycles. The van der Waals surface area contributed by atoms with E-state index >= 15 is 0 Å². The van der Waals surface area contributed by atoms with Crippen LogP contribution in [-0.4, -0.2) is 47.2 Å². The molecule has 0 bridgehead atoms. The molecule has 2 heterocycles. The highest BCUT2D eigenvalue weighted by molar-refractivity contribution is 5.27. The highest BCUT2D eigenvalue weighted by atomic mass is 16.5. The summed E-state index contributed by atoms with van der Waals surface area (Å²) in [7, 11) is 2.05. The summed E-state index contributed by atoms with van der Waals surface area (Å²) in [6, 6.07) is 8.52. The van der Waals surface area contributed by atoms with Gasteiger partial charge >= 0.3 is 0 Å². The summed E-state index contributed by atoms with van der Waals surface area (Å²) in [5.41, 5.74) is 1.23. The number of rotatable bonds is 5. The third-order valence-electron chi connectivity index (χ3n) is 4.15. The van der Waals surface area contributed by atoms with Crippen molar-refractivity contribution in [3.63, 3.8) is 0 Å². The summed E-state index contributed by atoms with van der Waals surface area (Å²) in [6.45, 7) is 6.67. The molecular formula is C17H24N4O. The molecule has 0 aliphatic carbocycles. The second-order valence-corrected chi connectivity index (χ2v) is 5.82. The van der Waals surface area contributed by atoms with Gasteiger partial charge in [-0.15, -0.1) is 0 Å². The zero-order valence-corrected chi connectivity index (χ0v) is 13.3. The number of benzene rings is 1. The zero-order chi connectivity index (χ0) is 15.4. The van der Waals surface area contributed by atoms with Gasteiger partial charge in [0.25, 0.3) is 0 Å². The van der Waals surface area contributed by atoms with Crippen LogP contribution < -0.4 is 10.1 Å². The van der Waals surface area contributed by atoms with Crippen LogP contribution in [0.15, 0.2) is 36.7 Å². The van der Waals surface area contributed by atoms with Gasteiger partial charge in [-0.3, -0.25) is 4.90 Å². The van der Waals surface area contributed by atoms with Crippen LogP contribution >= 0.6 is 0 Å². The molecule has 1 N–H and O–H groups in total. The number of piperazine rings is 1. The zero-order valence-electron chi connectivity index (χ0n) is 13.3. The third-order valence-corrected chi connectivity index (χ3v) is 4.15. The van der Waals surface area contributed by atoms with Crippen LogP contribution in [0, 0.1) is 6.92 Å². The topological polar surface area (TPSA) is 42.3 Å². The SMILES string of the molecule is Cc1cccc(OCCN2CCNCC2c2nccn2C)c1. The number of nitrogens with zero attached hydrogens (tertiary/aromatic N) is 3. The van der Waals surface area contributed by atoms with E-state index in [0.29, 0.717) is 12.6 Å². The monoisotopic (exact) mass is 300 g/mol. The van der Waals surface area contributed by atoms with Crippen LogP contribution in [-0.2, 0) is 7.05 Å². The van der Waals surface area contributed by atoms with Crippen molar-refractivity contribution in [3.05, 3.63) is 48.0 Å². The van der Waals surface area contributed by atoms with E-state index in [1.807, 2.05) is 24.5 Å². The van der Waals surface area contributed by atoms with Gasteiger partial charge in [-0.2, -0.15) is 0 Å². The van der Waals surface area contributed by atoms with E-state index in [0.717, 1.165) is 37.8 Å². The van der Waals surface area contributed by atoms with E-state index in [-0.39, 0.29) is 0 Å². The average Bonchev–Trinajstić information content (AvgIpc) is 2.94. The van der Waals surface area contributed by atoms with Gasteiger partial charge in [0.2, 0.25) is 0 Å². The molecule has 1 aliphatic heterocycles. The van der Waals surface area contributed by atoms with Gasteiger partial charge in [0, 0.05) is 45.6 Å². The van der Waals surface area contributed by atoms with Crippen LogP contribution in [0.2, 0.25) is 0 Å². The average molecular weight is 300 g/mol. The van der Waals surface area contributed by atoms with Crippen LogP contribution in [0.5, 0.6) is 5.75 Å². The van der Waals surface area contributed by atoms with Crippen molar-refractivity contribution in [3.8, 4) is 5.75 Å². The van der Waals surface area contributed by atoms with Gasteiger partial charge in [0.1, 0.15) is 18.2 Å². The van der Waals surface area contributed by atoms with Gasteiger partial charge in [0.15, 0.2) is 0 Å². The fraction of sp³-hybridized carbons (Fsp3) is 0.471. The number of hydrogen-bond donors (Lipinski definition) is 1. The number of nitrogens with one attached hydrogen (secondary N) is 1. The first-order valence-corrected chi connectivity index (χ1v) is 7.85. The van der Waals surface area contributed by atoms with Crippen LogP contribution in [0.4, 0.5) is 0 Å². The molecule has 0 spiro atoms. The molecule has 1 fully saturated rings. The van der Waals surface area contributed by atoms with E-state index in [2.05, 4.69) is 45.9 Å². The molecule has 2 aromatic rings. The van der Waals surface area contributed by atoms with E-state index < -0.39 is 0 Å². The van der Waals surface area contributed by atoms with Crippen LogP contribution in [0.3, 0.4) is 0 Å². The Morgan fingerprint density at radius 2 is 2.32 bits per heavy atom. The van der Waals surface area contributed by atoms with Crippen LogP contribution in [0.1, 0.15) is 17.4 Å². The maximum Gasteiger partial charge on any atom is 0.127 e. The van der Waals surface area contributed by atoms with E-state index in [4.69, 9.17) is 4.74 Å². The predicted octanol–water partition coefficient (Wildman–Crippen LogP) is 1.75. The second kappa shape index (κ2) is 6.94. The number of hydrogen-bond acceptors (Lipinski definition) is 4. The summed E-state index contributed by atoms with van der Waals surface area (Å²) >= 11 is 0. The number of aromatic nitrogens is 2. The summed E-state index contributed by atoms with van der Waals surface area (Å²) in [5.74, 6) is 2.06. The second-order valence-electron chi connectivity index (χ2n) is 5.82. The van der Waals surface area contributed by atoms with Crippen LogP contribution in [0.25, 0.3) is 0 Å². The Bertz CT molecular complexity index is 610. The fourth-order valence-electron chi connectivity index (χ4n) is 2.95. The Balaban J connectivity index is 1.59. The standard InChI is InChI=1S/C17H24N4O/c1-14-4-3-5-15(12-14)22-11-10-21-9-6-18-13-16(21)17-19-7-8-20(17)2/h3-5,7-8,12,16,18H,6,9-11,13H2,1-2H3. The van der Waals surface area contributed by atoms with Crippen molar-refractivity contribution in [2.75, 3.05) is 32.8 Å². The normalized spacial score (nSPS) is 19.3. The molecule has 1 unspecified atom stereocenters. The highest BCUT2D eigenvalue weighted by Gasteiger charge is 2.26. The predicted molar refractivity (Wildman–Crippen MR) is 87.1 cm³/mol. The third kappa shape index (κ3) is 3.48. The lowest BCUT2D eigenvalue weighted by Gasteiger charge is -2.35. The number of aryl methyl sites for hydroxylation is 2. The summed E-state index contributed by atoms with van der Waals surface area (Å²) < 4.78 is 8.00. The lowest BCUT2D eigenvalue weighted by Crippen LogP contribution is -2.48. The molecule has 1 aliphatic rings. The Morgan fingerprint density at radius 3 is 3.09 bits per heavy atom. The minimum absolute atomic E-state index is 0.315. The van der Waals surface area contributed by atoms with Gasteiger partial charge in [-0.25, -0.2) is 4.98 Å². The van der Waals surface area contributed by atoms with Gasteiger partial charge in [-0.05, 0) is 24.6 Å². The van der Waals surface area contributed by atoms with Crippen molar-refractivity contribution < 1.29 is 4.74 Å². The molecule has 0 radical (unpaired) electrons. The summed E-state index contributed by atoms with van der Waals surface area (Å²) in [6.07, 6.45) is 3.87. The summed E-state index contributed by atoms with van der Waals surface area (Å²) in [5, 5.41) is 3.46. The lowest BCUT2D eigenvalue weighted by molar-refractivity contribution is 0.127. The molecule has 0 amide bonds. The Hall–Kier alpha value is -1.85. The van der Waals surface area contributed by atoms with Crippen molar-refractivity contribution in [2.24, 2.45) is 7.05 Å².